The van der Waals surface area contributed by atoms with Gasteiger partial charge in [-0.25, -0.2) is 9.67 Å². The average molecular weight is 450 g/mol. The van der Waals surface area contributed by atoms with Crippen molar-refractivity contribution in [3.63, 3.8) is 0 Å². The molecule has 0 aliphatic carbocycles. The van der Waals surface area contributed by atoms with E-state index >= 15 is 0 Å². The molecule has 32 heavy (non-hydrogen) atoms. The lowest BCUT2D eigenvalue weighted by Crippen LogP contribution is -2.28. The Morgan fingerprint density at radius 3 is 2.75 bits per heavy atom. The van der Waals surface area contributed by atoms with Gasteiger partial charge in [-0.1, -0.05) is 25.5 Å². The highest BCUT2D eigenvalue weighted by Crippen LogP contribution is 2.23. The number of unbranched alkanes of at least 4 members (excludes halogenated alkanes) is 1. The number of thiazole rings is 1. The van der Waals surface area contributed by atoms with Crippen LogP contribution in [-0.4, -0.2) is 31.6 Å². The molecule has 1 aromatic carbocycles. The second-order valence-electron chi connectivity index (χ2n) is 8.02. The van der Waals surface area contributed by atoms with Gasteiger partial charge in [0.1, 0.15) is 5.69 Å². The van der Waals surface area contributed by atoms with Crippen molar-refractivity contribution in [3.8, 4) is 16.9 Å². The van der Waals surface area contributed by atoms with Gasteiger partial charge in [0.15, 0.2) is 4.96 Å². The lowest BCUT2D eigenvalue weighted by molar-refractivity contribution is -0.120. The molecular formula is C24H27N5O2S. The van der Waals surface area contributed by atoms with E-state index in [1.54, 1.807) is 4.40 Å². The highest BCUT2D eigenvalue weighted by molar-refractivity contribution is 7.15. The van der Waals surface area contributed by atoms with E-state index in [4.69, 9.17) is 5.10 Å². The van der Waals surface area contributed by atoms with E-state index in [9.17, 15) is 9.59 Å². The summed E-state index contributed by atoms with van der Waals surface area (Å²) in [5.41, 5.74) is 5.13. The number of nitrogens with one attached hydrogen (secondary N) is 1. The van der Waals surface area contributed by atoms with E-state index in [2.05, 4.69) is 23.3 Å². The SMILES string of the molecule is CCCCNC(=O)Cc1csc2nc(C)c(-c3cc(C)n(-c4cccc(C)c4)n3)c(=O)n12. The molecule has 0 unspecified atom stereocenters. The van der Waals surface area contributed by atoms with Gasteiger partial charge >= 0.3 is 0 Å². The van der Waals surface area contributed by atoms with Crippen LogP contribution in [0.5, 0.6) is 0 Å². The Bertz CT molecular complexity index is 1350. The summed E-state index contributed by atoms with van der Waals surface area (Å²) in [6.45, 7) is 8.55. The predicted molar refractivity (Wildman–Crippen MR) is 128 cm³/mol. The quantitative estimate of drug-likeness (QED) is 0.433. The smallest absolute Gasteiger partial charge is 0.268 e. The molecule has 0 fully saturated rings. The zero-order chi connectivity index (χ0) is 22.8. The Morgan fingerprint density at radius 2 is 2.00 bits per heavy atom. The molecule has 0 bridgehead atoms. The van der Waals surface area contributed by atoms with Gasteiger partial charge in [-0.15, -0.1) is 11.3 Å². The molecule has 7 nitrogen and oxygen atoms in total. The summed E-state index contributed by atoms with van der Waals surface area (Å²) >= 11 is 1.37. The number of carbonyl (C=O) groups excluding carboxylic acids is 1. The van der Waals surface area contributed by atoms with Gasteiger partial charge in [0, 0.05) is 23.3 Å². The number of amides is 1. The second kappa shape index (κ2) is 9.08. The summed E-state index contributed by atoms with van der Waals surface area (Å²) in [5.74, 6) is -0.0910. The number of hydrogen-bond acceptors (Lipinski definition) is 5. The molecular weight excluding hydrogens is 422 g/mol. The number of fused-ring (bicyclic) bond motifs is 1. The van der Waals surface area contributed by atoms with Gasteiger partial charge in [0.05, 0.1) is 23.4 Å². The van der Waals surface area contributed by atoms with Crippen molar-refractivity contribution >= 4 is 22.2 Å². The molecule has 0 saturated carbocycles. The van der Waals surface area contributed by atoms with Crippen LogP contribution < -0.4 is 10.9 Å². The molecule has 166 valence electrons. The topological polar surface area (TPSA) is 81.3 Å². The summed E-state index contributed by atoms with van der Waals surface area (Å²) in [5, 5.41) is 9.48. The van der Waals surface area contributed by atoms with Crippen LogP contribution in [0.3, 0.4) is 0 Å². The Hall–Kier alpha value is -3.26. The minimum atomic E-state index is -0.195. The van der Waals surface area contributed by atoms with Crippen molar-refractivity contribution < 1.29 is 4.79 Å². The fourth-order valence-corrected chi connectivity index (χ4v) is 4.70. The number of rotatable bonds is 7. The standard InChI is InChI=1S/C24H27N5O2S/c1-5-6-10-25-21(30)13-19-14-32-24-26-17(4)22(23(31)28(19)24)20-12-16(3)29(27-20)18-9-7-8-15(2)11-18/h7-9,11-12,14H,5-6,10,13H2,1-4H3,(H,25,30). The molecule has 0 spiro atoms. The number of carbonyl (C=O) groups is 1. The average Bonchev–Trinajstić information content (AvgIpc) is 3.31. The van der Waals surface area contributed by atoms with Crippen molar-refractivity contribution in [2.45, 2.75) is 47.0 Å². The van der Waals surface area contributed by atoms with Crippen LogP contribution in [0.15, 0.2) is 40.5 Å². The van der Waals surface area contributed by atoms with Gasteiger partial charge in [0.25, 0.3) is 5.56 Å². The van der Waals surface area contributed by atoms with Crippen molar-refractivity contribution in [1.29, 1.82) is 0 Å². The largest absolute Gasteiger partial charge is 0.356 e. The molecule has 1 amide bonds. The molecule has 4 rings (SSSR count). The molecule has 0 atom stereocenters. The summed E-state index contributed by atoms with van der Waals surface area (Å²) in [4.78, 5) is 31.1. The van der Waals surface area contributed by atoms with Crippen molar-refractivity contribution in [2.75, 3.05) is 6.54 Å². The summed E-state index contributed by atoms with van der Waals surface area (Å²) < 4.78 is 3.39. The van der Waals surface area contributed by atoms with Crippen LogP contribution in [0.25, 0.3) is 21.9 Å². The van der Waals surface area contributed by atoms with Crippen molar-refractivity contribution in [1.82, 2.24) is 24.5 Å². The van der Waals surface area contributed by atoms with Gasteiger partial charge in [-0.2, -0.15) is 5.10 Å². The summed E-state index contributed by atoms with van der Waals surface area (Å²) in [6.07, 6.45) is 2.09. The minimum absolute atomic E-state index is 0.0910. The lowest BCUT2D eigenvalue weighted by atomic mass is 10.1. The third kappa shape index (κ3) is 4.23. The Balaban J connectivity index is 1.75. The van der Waals surface area contributed by atoms with Gasteiger partial charge in [-0.3, -0.25) is 14.0 Å². The minimum Gasteiger partial charge on any atom is -0.356 e. The molecule has 0 radical (unpaired) electrons. The number of aryl methyl sites for hydroxylation is 3. The van der Waals surface area contributed by atoms with Gasteiger partial charge in [-0.05, 0) is 51.0 Å². The molecule has 0 aliphatic rings. The molecule has 3 aromatic heterocycles. The number of aromatic nitrogens is 4. The third-order valence-corrected chi connectivity index (χ3v) is 6.28. The molecule has 0 saturated heterocycles. The van der Waals surface area contributed by atoms with E-state index in [1.165, 1.54) is 11.3 Å². The van der Waals surface area contributed by atoms with Crippen LogP contribution in [0.1, 0.15) is 42.4 Å². The first-order chi connectivity index (χ1) is 15.4. The van der Waals surface area contributed by atoms with Gasteiger partial charge < -0.3 is 5.32 Å². The third-order valence-electron chi connectivity index (χ3n) is 5.40. The van der Waals surface area contributed by atoms with Crippen LogP contribution >= 0.6 is 11.3 Å². The first-order valence-electron chi connectivity index (χ1n) is 10.8. The van der Waals surface area contributed by atoms with E-state index < -0.39 is 0 Å². The summed E-state index contributed by atoms with van der Waals surface area (Å²) in [7, 11) is 0. The fraction of sp³-hybridized carbons (Fsp3) is 0.333. The molecule has 3 heterocycles. The van der Waals surface area contributed by atoms with Crippen LogP contribution in [0, 0.1) is 20.8 Å². The van der Waals surface area contributed by atoms with E-state index in [1.807, 2.05) is 55.1 Å². The van der Waals surface area contributed by atoms with Crippen LogP contribution in [0.2, 0.25) is 0 Å². The maximum atomic E-state index is 13.5. The normalized spacial score (nSPS) is 11.2. The highest BCUT2D eigenvalue weighted by atomic mass is 32.1. The fourth-order valence-electron chi connectivity index (χ4n) is 3.77. The zero-order valence-electron chi connectivity index (χ0n) is 18.8. The maximum absolute atomic E-state index is 13.5. The maximum Gasteiger partial charge on any atom is 0.268 e. The van der Waals surface area contributed by atoms with E-state index in [0.717, 1.165) is 29.8 Å². The van der Waals surface area contributed by atoms with Crippen molar-refractivity contribution in [3.05, 3.63) is 68.7 Å². The van der Waals surface area contributed by atoms with Crippen molar-refractivity contribution in [2.24, 2.45) is 0 Å². The number of nitrogens with zero attached hydrogens (tertiary/aromatic N) is 4. The summed E-state index contributed by atoms with van der Waals surface area (Å²) in [6, 6.07) is 9.98. The van der Waals surface area contributed by atoms with Crippen LogP contribution in [0.4, 0.5) is 0 Å². The first-order valence-corrected chi connectivity index (χ1v) is 11.7. The molecule has 8 heteroatoms. The monoisotopic (exact) mass is 449 g/mol. The number of benzene rings is 1. The Morgan fingerprint density at radius 1 is 1.19 bits per heavy atom. The number of hydrogen-bond donors (Lipinski definition) is 1. The zero-order valence-corrected chi connectivity index (χ0v) is 19.6. The van der Waals surface area contributed by atoms with E-state index in [0.29, 0.717) is 34.2 Å². The Kier molecular flexibility index (Phi) is 6.23. The predicted octanol–water partition coefficient (Wildman–Crippen LogP) is 3.99. The molecule has 4 aromatic rings. The molecule has 1 N–H and O–H groups in total. The first kappa shape index (κ1) is 22.0. The molecule has 0 aliphatic heterocycles. The van der Waals surface area contributed by atoms with E-state index in [-0.39, 0.29) is 17.9 Å². The van der Waals surface area contributed by atoms with Crippen LogP contribution in [-0.2, 0) is 11.2 Å². The Labute approximate surface area is 190 Å². The second-order valence-corrected chi connectivity index (χ2v) is 8.86. The lowest BCUT2D eigenvalue weighted by Gasteiger charge is -2.07. The highest BCUT2D eigenvalue weighted by Gasteiger charge is 2.20. The van der Waals surface area contributed by atoms with Gasteiger partial charge in [0.2, 0.25) is 5.91 Å².